The largest absolute Gasteiger partial charge is 0.295 e. The quantitative estimate of drug-likeness (QED) is 0.793. The van der Waals surface area contributed by atoms with Crippen LogP contribution < -0.4 is 5.32 Å². The van der Waals surface area contributed by atoms with E-state index in [1.165, 1.54) is 12.5 Å². The molecule has 0 atom stereocenters. The molecule has 3 aromatic rings. The second-order valence-corrected chi connectivity index (χ2v) is 5.38. The van der Waals surface area contributed by atoms with E-state index in [-0.39, 0.29) is 5.91 Å². The van der Waals surface area contributed by atoms with Gasteiger partial charge in [-0.05, 0) is 13.0 Å². The van der Waals surface area contributed by atoms with Gasteiger partial charge in [0.05, 0.1) is 11.4 Å². The molecular weight excluding hydrogens is 286 g/mol. The Morgan fingerprint density at radius 2 is 1.43 bits per heavy atom. The molecule has 114 valence electrons. The SMILES string of the molecule is CC(=O)Nc1nc(-c2ccccc2)cc(-c2ccc(C)cc2)n1. The summed E-state index contributed by atoms with van der Waals surface area (Å²) in [5.41, 5.74) is 4.72. The molecule has 2 aromatic carbocycles. The lowest BCUT2D eigenvalue weighted by Gasteiger charge is -2.09. The van der Waals surface area contributed by atoms with E-state index >= 15 is 0 Å². The van der Waals surface area contributed by atoms with Crippen LogP contribution in [-0.4, -0.2) is 15.9 Å². The van der Waals surface area contributed by atoms with Gasteiger partial charge in [-0.2, -0.15) is 0 Å². The van der Waals surface area contributed by atoms with Crippen LogP contribution in [0.2, 0.25) is 0 Å². The minimum Gasteiger partial charge on any atom is -0.295 e. The minimum atomic E-state index is -0.190. The lowest BCUT2D eigenvalue weighted by molar-refractivity contribution is -0.114. The van der Waals surface area contributed by atoms with Crippen molar-refractivity contribution in [2.45, 2.75) is 13.8 Å². The molecular formula is C19H17N3O. The normalized spacial score (nSPS) is 10.3. The Morgan fingerprint density at radius 1 is 0.870 bits per heavy atom. The second-order valence-electron chi connectivity index (χ2n) is 5.38. The molecule has 1 amide bonds. The van der Waals surface area contributed by atoms with Crippen molar-refractivity contribution >= 4 is 11.9 Å². The van der Waals surface area contributed by atoms with Gasteiger partial charge in [-0.1, -0.05) is 60.2 Å². The standard InChI is InChI=1S/C19H17N3O/c1-13-8-10-16(11-9-13)18-12-17(15-6-4-3-5-7-15)21-19(22-18)20-14(2)23/h3-12H,1-2H3,(H,20,21,22,23). The molecule has 0 unspecified atom stereocenters. The van der Waals surface area contributed by atoms with Crippen LogP contribution in [-0.2, 0) is 4.79 Å². The predicted octanol–water partition coefficient (Wildman–Crippen LogP) is 4.08. The average Bonchev–Trinajstić information content (AvgIpc) is 2.55. The Hall–Kier alpha value is -3.01. The number of benzene rings is 2. The van der Waals surface area contributed by atoms with Gasteiger partial charge < -0.3 is 0 Å². The van der Waals surface area contributed by atoms with Gasteiger partial charge in [0.1, 0.15) is 0 Å². The molecule has 4 heteroatoms. The van der Waals surface area contributed by atoms with E-state index in [1.807, 2.05) is 67.6 Å². The molecule has 0 aliphatic rings. The lowest BCUT2D eigenvalue weighted by Crippen LogP contribution is -2.10. The van der Waals surface area contributed by atoms with Crippen molar-refractivity contribution in [1.29, 1.82) is 0 Å². The lowest BCUT2D eigenvalue weighted by atomic mass is 10.1. The maximum absolute atomic E-state index is 11.4. The van der Waals surface area contributed by atoms with Crippen molar-refractivity contribution in [3.63, 3.8) is 0 Å². The Labute approximate surface area is 135 Å². The third-order valence-electron chi connectivity index (χ3n) is 3.43. The number of nitrogens with one attached hydrogen (secondary N) is 1. The fourth-order valence-corrected chi connectivity index (χ4v) is 2.29. The summed E-state index contributed by atoms with van der Waals surface area (Å²) in [6.07, 6.45) is 0. The number of aryl methyl sites for hydroxylation is 1. The van der Waals surface area contributed by atoms with Gasteiger partial charge >= 0.3 is 0 Å². The van der Waals surface area contributed by atoms with Crippen LogP contribution >= 0.6 is 0 Å². The fraction of sp³-hybridized carbons (Fsp3) is 0.105. The van der Waals surface area contributed by atoms with Crippen molar-refractivity contribution < 1.29 is 4.79 Å². The zero-order valence-corrected chi connectivity index (χ0v) is 13.1. The number of hydrogen-bond donors (Lipinski definition) is 1. The van der Waals surface area contributed by atoms with Gasteiger partial charge in [0.25, 0.3) is 0 Å². The van der Waals surface area contributed by atoms with Crippen molar-refractivity contribution in [1.82, 2.24) is 9.97 Å². The summed E-state index contributed by atoms with van der Waals surface area (Å²) >= 11 is 0. The number of carbonyl (C=O) groups is 1. The van der Waals surface area contributed by atoms with Gasteiger partial charge in [0.2, 0.25) is 11.9 Å². The number of aromatic nitrogens is 2. The monoisotopic (exact) mass is 303 g/mol. The molecule has 0 saturated carbocycles. The fourth-order valence-electron chi connectivity index (χ4n) is 2.29. The third kappa shape index (κ3) is 3.61. The summed E-state index contributed by atoms with van der Waals surface area (Å²) in [4.78, 5) is 20.3. The first kappa shape index (κ1) is 14.9. The molecule has 0 aliphatic heterocycles. The van der Waals surface area contributed by atoms with Crippen LogP contribution in [0.1, 0.15) is 12.5 Å². The maximum atomic E-state index is 11.4. The van der Waals surface area contributed by atoms with Crippen molar-refractivity contribution in [2.75, 3.05) is 5.32 Å². The van der Waals surface area contributed by atoms with E-state index in [9.17, 15) is 4.79 Å². The topological polar surface area (TPSA) is 54.9 Å². The Balaban J connectivity index is 2.11. The van der Waals surface area contributed by atoms with E-state index in [0.717, 1.165) is 22.5 Å². The van der Waals surface area contributed by atoms with Crippen LogP contribution in [0.5, 0.6) is 0 Å². The smallest absolute Gasteiger partial charge is 0.230 e. The first-order valence-electron chi connectivity index (χ1n) is 7.41. The average molecular weight is 303 g/mol. The van der Waals surface area contributed by atoms with E-state index in [4.69, 9.17) is 0 Å². The Morgan fingerprint density at radius 3 is 2.00 bits per heavy atom. The third-order valence-corrected chi connectivity index (χ3v) is 3.43. The van der Waals surface area contributed by atoms with Crippen LogP contribution in [0.3, 0.4) is 0 Å². The summed E-state index contributed by atoms with van der Waals surface area (Å²) < 4.78 is 0. The molecule has 4 nitrogen and oxygen atoms in total. The molecule has 0 fully saturated rings. The minimum absolute atomic E-state index is 0.190. The zero-order chi connectivity index (χ0) is 16.2. The summed E-state index contributed by atoms with van der Waals surface area (Å²) in [5, 5.41) is 2.68. The summed E-state index contributed by atoms with van der Waals surface area (Å²) in [7, 11) is 0. The first-order chi connectivity index (χ1) is 11.1. The molecule has 0 bridgehead atoms. The van der Waals surface area contributed by atoms with Crippen molar-refractivity contribution in [2.24, 2.45) is 0 Å². The van der Waals surface area contributed by atoms with E-state index in [1.54, 1.807) is 0 Å². The molecule has 23 heavy (non-hydrogen) atoms. The van der Waals surface area contributed by atoms with E-state index in [2.05, 4.69) is 15.3 Å². The number of hydrogen-bond acceptors (Lipinski definition) is 3. The molecule has 0 spiro atoms. The van der Waals surface area contributed by atoms with E-state index in [0.29, 0.717) is 5.95 Å². The van der Waals surface area contributed by atoms with E-state index < -0.39 is 0 Å². The Bertz CT molecular complexity index is 827. The number of rotatable bonds is 3. The van der Waals surface area contributed by atoms with Gasteiger partial charge in [0.15, 0.2) is 0 Å². The number of anilines is 1. The van der Waals surface area contributed by atoms with Crippen LogP contribution in [0.4, 0.5) is 5.95 Å². The summed E-state index contributed by atoms with van der Waals surface area (Å²) in [5.74, 6) is 0.125. The number of nitrogens with zero attached hydrogens (tertiary/aromatic N) is 2. The predicted molar refractivity (Wildman–Crippen MR) is 91.9 cm³/mol. The number of carbonyl (C=O) groups excluding carboxylic acids is 1. The zero-order valence-electron chi connectivity index (χ0n) is 13.1. The van der Waals surface area contributed by atoms with Crippen LogP contribution in [0.25, 0.3) is 22.5 Å². The molecule has 0 aliphatic carbocycles. The van der Waals surface area contributed by atoms with Crippen LogP contribution in [0.15, 0.2) is 60.7 Å². The van der Waals surface area contributed by atoms with Crippen LogP contribution in [0, 0.1) is 6.92 Å². The molecule has 0 radical (unpaired) electrons. The van der Waals surface area contributed by atoms with Gasteiger partial charge in [0, 0.05) is 18.1 Å². The number of amides is 1. The highest BCUT2D eigenvalue weighted by Crippen LogP contribution is 2.25. The maximum Gasteiger partial charge on any atom is 0.230 e. The van der Waals surface area contributed by atoms with Crippen molar-refractivity contribution in [3.8, 4) is 22.5 Å². The molecule has 3 rings (SSSR count). The van der Waals surface area contributed by atoms with Gasteiger partial charge in [-0.15, -0.1) is 0 Å². The van der Waals surface area contributed by atoms with Gasteiger partial charge in [-0.3, -0.25) is 10.1 Å². The second kappa shape index (κ2) is 6.40. The highest BCUT2D eigenvalue weighted by atomic mass is 16.1. The summed E-state index contributed by atoms with van der Waals surface area (Å²) in [6, 6.07) is 19.9. The van der Waals surface area contributed by atoms with Crippen molar-refractivity contribution in [3.05, 3.63) is 66.2 Å². The molecule has 1 N–H and O–H groups in total. The summed E-state index contributed by atoms with van der Waals surface area (Å²) in [6.45, 7) is 3.49. The highest BCUT2D eigenvalue weighted by molar-refractivity contribution is 5.87. The first-order valence-corrected chi connectivity index (χ1v) is 7.41. The Kier molecular flexibility index (Phi) is 4.15. The molecule has 0 saturated heterocycles. The molecule has 1 aromatic heterocycles. The highest BCUT2D eigenvalue weighted by Gasteiger charge is 2.09. The van der Waals surface area contributed by atoms with Gasteiger partial charge in [-0.25, -0.2) is 9.97 Å². The molecule has 1 heterocycles.